The van der Waals surface area contributed by atoms with Crippen LogP contribution in [-0.4, -0.2) is 29.5 Å². The summed E-state index contributed by atoms with van der Waals surface area (Å²) >= 11 is 3.23. The molecule has 3 atom stereocenters. The number of hydrogen-bond donors (Lipinski definition) is 1. The first-order chi connectivity index (χ1) is 9.54. The molecule has 0 aliphatic heterocycles. The van der Waals surface area contributed by atoms with E-state index in [2.05, 4.69) is 15.9 Å². The SMILES string of the molecule is CN(CC1CC2CCC1C2)C(=O)c1ccc(Br)c(O)c1. The molecule has 2 bridgehead atoms. The monoisotopic (exact) mass is 337 g/mol. The summed E-state index contributed by atoms with van der Waals surface area (Å²) in [5.41, 5.74) is 0.552. The van der Waals surface area contributed by atoms with Crippen molar-refractivity contribution >= 4 is 21.8 Å². The average molecular weight is 338 g/mol. The molecule has 1 N–H and O–H groups in total. The number of aromatic hydroxyl groups is 1. The number of fused-ring (bicyclic) bond motifs is 2. The van der Waals surface area contributed by atoms with Gasteiger partial charge in [-0.05, 0) is 71.1 Å². The van der Waals surface area contributed by atoms with Crippen LogP contribution in [0, 0.1) is 17.8 Å². The number of carbonyl (C=O) groups is 1. The first kappa shape index (κ1) is 13.9. The van der Waals surface area contributed by atoms with Gasteiger partial charge in [0.15, 0.2) is 0 Å². The lowest BCUT2D eigenvalue weighted by Gasteiger charge is -2.27. The molecule has 3 nitrogen and oxygen atoms in total. The molecule has 3 unspecified atom stereocenters. The zero-order valence-electron chi connectivity index (χ0n) is 11.7. The average Bonchev–Trinajstić information content (AvgIpc) is 3.03. The van der Waals surface area contributed by atoms with E-state index < -0.39 is 0 Å². The van der Waals surface area contributed by atoms with Crippen LogP contribution in [0.3, 0.4) is 0 Å². The van der Waals surface area contributed by atoms with E-state index >= 15 is 0 Å². The Labute approximate surface area is 128 Å². The van der Waals surface area contributed by atoms with E-state index in [0.717, 1.165) is 18.4 Å². The molecule has 3 rings (SSSR count). The van der Waals surface area contributed by atoms with Crippen molar-refractivity contribution in [1.82, 2.24) is 4.90 Å². The fourth-order valence-corrected chi connectivity index (χ4v) is 4.15. The van der Waals surface area contributed by atoms with Crippen molar-refractivity contribution in [2.75, 3.05) is 13.6 Å². The van der Waals surface area contributed by atoms with Gasteiger partial charge in [0.1, 0.15) is 5.75 Å². The molecule has 0 saturated heterocycles. The predicted molar refractivity (Wildman–Crippen MR) is 81.7 cm³/mol. The van der Waals surface area contributed by atoms with Crippen LogP contribution in [0.2, 0.25) is 0 Å². The van der Waals surface area contributed by atoms with Crippen LogP contribution in [-0.2, 0) is 0 Å². The van der Waals surface area contributed by atoms with Crippen LogP contribution in [0.5, 0.6) is 5.75 Å². The molecule has 2 saturated carbocycles. The zero-order valence-corrected chi connectivity index (χ0v) is 13.3. The van der Waals surface area contributed by atoms with Gasteiger partial charge in [-0.2, -0.15) is 0 Å². The molecule has 2 fully saturated rings. The van der Waals surface area contributed by atoms with Gasteiger partial charge in [0, 0.05) is 19.2 Å². The minimum absolute atomic E-state index is 0.00410. The van der Waals surface area contributed by atoms with Crippen molar-refractivity contribution in [1.29, 1.82) is 0 Å². The van der Waals surface area contributed by atoms with Crippen molar-refractivity contribution in [2.24, 2.45) is 17.8 Å². The van der Waals surface area contributed by atoms with Gasteiger partial charge >= 0.3 is 0 Å². The highest BCUT2D eigenvalue weighted by Crippen LogP contribution is 2.48. The van der Waals surface area contributed by atoms with Crippen LogP contribution in [0.25, 0.3) is 0 Å². The maximum Gasteiger partial charge on any atom is 0.253 e. The van der Waals surface area contributed by atoms with Gasteiger partial charge in [-0.25, -0.2) is 0 Å². The lowest BCUT2D eigenvalue weighted by Crippen LogP contribution is -2.33. The highest BCUT2D eigenvalue weighted by atomic mass is 79.9. The summed E-state index contributed by atoms with van der Waals surface area (Å²) in [6, 6.07) is 5.00. The first-order valence-electron chi connectivity index (χ1n) is 7.28. The molecule has 1 aromatic rings. The second kappa shape index (κ2) is 5.40. The topological polar surface area (TPSA) is 40.5 Å². The van der Waals surface area contributed by atoms with Gasteiger partial charge in [0.2, 0.25) is 0 Å². The van der Waals surface area contributed by atoms with Gasteiger partial charge in [-0.3, -0.25) is 4.79 Å². The smallest absolute Gasteiger partial charge is 0.253 e. The molecular formula is C16H20BrNO2. The second-order valence-electron chi connectivity index (χ2n) is 6.29. The van der Waals surface area contributed by atoms with E-state index in [1.54, 1.807) is 12.1 Å². The van der Waals surface area contributed by atoms with Crippen molar-refractivity contribution in [3.8, 4) is 5.75 Å². The number of carbonyl (C=O) groups excluding carboxylic acids is 1. The van der Waals surface area contributed by atoms with Crippen LogP contribution >= 0.6 is 15.9 Å². The molecule has 20 heavy (non-hydrogen) atoms. The van der Waals surface area contributed by atoms with Crippen molar-refractivity contribution < 1.29 is 9.90 Å². The molecule has 108 valence electrons. The number of rotatable bonds is 3. The molecule has 1 aromatic carbocycles. The summed E-state index contributed by atoms with van der Waals surface area (Å²) in [5, 5.41) is 9.68. The highest BCUT2D eigenvalue weighted by Gasteiger charge is 2.40. The van der Waals surface area contributed by atoms with E-state index in [0.29, 0.717) is 16.0 Å². The fraction of sp³-hybridized carbons (Fsp3) is 0.562. The number of benzene rings is 1. The zero-order chi connectivity index (χ0) is 14.3. The third-order valence-electron chi connectivity index (χ3n) is 4.93. The van der Waals surface area contributed by atoms with E-state index in [-0.39, 0.29) is 11.7 Å². The number of amides is 1. The molecule has 0 radical (unpaired) electrons. The Morgan fingerprint density at radius 3 is 2.80 bits per heavy atom. The van der Waals surface area contributed by atoms with Gasteiger partial charge in [-0.15, -0.1) is 0 Å². The van der Waals surface area contributed by atoms with Crippen LogP contribution in [0.1, 0.15) is 36.0 Å². The maximum absolute atomic E-state index is 12.4. The van der Waals surface area contributed by atoms with E-state index in [1.165, 1.54) is 31.7 Å². The van der Waals surface area contributed by atoms with Crippen molar-refractivity contribution in [2.45, 2.75) is 25.7 Å². The van der Waals surface area contributed by atoms with Crippen LogP contribution < -0.4 is 0 Å². The number of halogens is 1. The largest absolute Gasteiger partial charge is 0.507 e. The summed E-state index contributed by atoms with van der Waals surface area (Å²) in [4.78, 5) is 14.2. The van der Waals surface area contributed by atoms with Crippen molar-refractivity contribution in [3.05, 3.63) is 28.2 Å². The Morgan fingerprint density at radius 1 is 1.40 bits per heavy atom. The normalized spacial score (nSPS) is 27.8. The first-order valence-corrected chi connectivity index (χ1v) is 8.08. The Hall–Kier alpha value is -1.03. The highest BCUT2D eigenvalue weighted by molar-refractivity contribution is 9.10. The molecule has 2 aliphatic rings. The number of phenolic OH excluding ortho intramolecular Hbond substituents is 1. The summed E-state index contributed by atoms with van der Waals surface area (Å²) < 4.78 is 0.616. The third kappa shape index (κ3) is 2.58. The molecule has 4 heteroatoms. The summed E-state index contributed by atoms with van der Waals surface area (Å²) in [5.74, 6) is 2.52. The third-order valence-corrected chi connectivity index (χ3v) is 5.60. The lowest BCUT2D eigenvalue weighted by atomic mass is 9.88. The lowest BCUT2D eigenvalue weighted by molar-refractivity contribution is 0.0754. The second-order valence-corrected chi connectivity index (χ2v) is 7.14. The Balaban J connectivity index is 1.65. The minimum atomic E-state index is -0.00410. The van der Waals surface area contributed by atoms with Crippen LogP contribution in [0.15, 0.2) is 22.7 Å². The van der Waals surface area contributed by atoms with E-state index in [9.17, 15) is 9.90 Å². The van der Waals surface area contributed by atoms with E-state index in [4.69, 9.17) is 0 Å². The predicted octanol–water partition coefficient (Wildman–Crippen LogP) is 3.66. The summed E-state index contributed by atoms with van der Waals surface area (Å²) in [7, 11) is 1.87. The Bertz CT molecular complexity index is 531. The Kier molecular flexibility index (Phi) is 3.76. The van der Waals surface area contributed by atoms with Gasteiger partial charge in [0.05, 0.1) is 4.47 Å². The minimum Gasteiger partial charge on any atom is -0.507 e. The Morgan fingerprint density at radius 2 is 2.20 bits per heavy atom. The van der Waals surface area contributed by atoms with Gasteiger partial charge in [-0.1, -0.05) is 6.42 Å². The van der Waals surface area contributed by atoms with Gasteiger partial charge in [0.25, 0.3) is 5.91 Å². The molecule has 0 spiro atoms. The van der Waals surface area contributed by atoms with Crippen molar-refractivity contribution in [3.63, 3.8) is 0 Å². The van der Waals surface area contributed by atoms with Crippen LogP contribution in [0.4, 0.5) is 0 Å². The number of nitrogens with zero attached hydrogens (tertiary/aromatic N) is 1. The molecule has 0 aromatic heterocycles. The number of phenols is 1. The summed E-state index contributed by atoms with van der Waals surface area (Å²) in [6.07, 6.45) is 5.38. The molecule has 2 aliphatic carbocycles. The van der Waals surface area contributed by atoms with E-state index in [1.807, 2.05) is 11.9 Å². The standard InChI is InChI=1S/C16H20BrNO2/c1-18(9-13-7-10-2-3-11(13)6-10)16(20)12-4-5-14(17)15(19)8-12/h4-5,8,10-11,13,19H,2-3,6-7,9H2,1H3. The molecule has 1 amide bonds. The molecular weight excluding hydrogens is 318 g/mol. The summed E-state index contributed by atoms with van der Waals surface area (Å²) in [6.45, 7) is 0.844. The quantitative estimate of drug-likeness (QED) is 0.914. The molecule has 0 heterocycles. The fourth-order valence-electron chi connectivity index (χ4n) is 3.90. The maximum atomic E-state index is 12.4. The number of hydrogen-bond acceptors (Lipinski definition) is 2. The van der Waals surface area contributed by atoms with Gasteiger partial charge < -0.3 is 10.0 Å².